The van der Waals surface area contributed by atoms with Gasteiger partial charge in [0.25, 0.3) is 0 Å². The molecule has 0 radical (unpaired) electrons. The van der Waals surface area contributed by atoms with E-state index < -0.39 is 0 Å². The summed E-state index contributed by atoms with van der Waals surface area (Å²) >= 11 is 0. The smallest absolute Gasteiger partial charge is 0.205 e. The van der Waals surface area contributed by atoms with Crippen LogP contribution in [0.15, 0.2) is 4.99 Å². The van der Waals surface area contributed by atoms with Crippen LogP contribution in [0.2, 0.25) is 0 Å². The van der Waals surface area contributed by atoms with Crippen molar-refractivity contribution in [1.29, 1.82) is 0 Å². The lowest BCUT2D eigenvalue weighted by Gasteiger charge is -2.11. The Hall–Kier alpha value is -0.810. The number of methoxy groups -OCH3 is 1. The summed E-state index contributed by atoms with van der Waals surface area (Å²) in [6.45, 7) is 2.43. The molecule has 106 valence electrons. The maximum absolute atomic E-state index is 5.42. The molecule has 1 fully saturated rings. The number of aliphatic imine (C=N–C) groups is 1. The molecule has 0 atom stereocenters. The Bertz CT molecular complexity index is 227. The van der Waals surface area contributed by atoms with Crippen molar-refractivity contribution in [2.45, 2.75) is 44.9 Å². The van der Waals surface area contributed by atoms with Crippen LogP contribution in [0.4, 0.5) is 0 Å². The van der Waals surface area contributed by atoms with E-state index in [2.05, 4.69) is 15.7 Å². The number of rotatable bonds is 8. The number of hydrogen-bond donors (Lipinski definition) is 3. The number of nitrogens with two attached hydrogens (primary N) is 1. The van der Waals surface area contributed by atoms with Crippen molar-refractivity contribution in [3.63, 3.8) is 0 Å². The molecule has 1 aliphatic rings. The second-order valence-electron chi connectivity index (χ2n) is 4.94. The van der Waals surface area contributed by atoms with E-state index >= 15 is 0 Å². The zero-order chi connectivity index (χ0) is 13.1. The normalized spacial score (nSPS) is 17.1. The van der Waals surface area contributed by atoms with Crippen molar-refractivity contribution < 1.29 is 4.74 Å². The average Bonchev–Trinajstić information content (AvgIpc) is 2.90. The number of hydrogen-bond acceptors (Lipinski definition) is 3. The van der Waals surface area contributed by atoms with E-state index in [-0.39, 0.29) is 0 Å². The highest BCUT2D eigenvalue weighted by atomic mass is 16.5. The molecule has 0 bridgehead atoms. The fourth-order valence-corrected chi connectivity index (χ4v) is 2.45. The standard InChI is InChI=1S/C13H28N4O/c1-18-11-5-10-16-13(17-14)15-9-4-8-12-6-2-3-7-12/h12H,2-11,14H2,1H3,(H2,15,16,17). The lowest BCUT2D eigenvalue weighted by atomic mass is 10.0. The second kappa shape index (κ2) is 10.1. The Morgan fingerprint density at radius 2 is 2.11 bits per heavy atom. The summed E-state index contributed by atoms with van der Waals surface area (Å²) in [5, 5.41) is 3.24. The quantitative estimate of drug-likeness (QED) is 0.202. The molecule has 4 N–H and O–H groups in total. The summed E-state index contributed by atoms with van der Waals surface area (Å²) in [4.78, 5) is 4.34. The molecular weight excluding hydrogens is 228 g/mol. The van der Waals surface area contributed by atoms with Crippen LogP contribution >= 0.6 is 0 Å². The monoisotopic (exact) mass is 256 g/mol. The van der Waals surface area contributed by atoms with E-state index in [1.54, 1.807) is 7.11 Å². The summed E-state index contributed by atoms with van der Waals surface area (Å²) in [6.07, 6.45) is 9.15. The lowest BCUT2D eigenvalue weighted by Crippen LogP contribution is -2.42. The van der Waals surface area contributed by atoms with Gasteiger partial charge in [0.2, 0.25) is 5.96 Å². The topological polar surface area (TPSA) is 71.7 Å². The number of nitrogens with zero attached hydrogens (tertiary/aromatic N) is 1. The second-order valence-corrected chi connectivity index (χ2v) is 4.94. The first kappa shape index (κ1) is 15.2. The Morgan fingerprint density at radius 3 is 2.78 bits per heavy atom. The number of guanidine groups is 1. The van der Waals surface area contributed by atoms with E-state index in [0.29, 0.717) is 5.96 Å². The third-order valence-corrected chi connectivity index (χ3v) is 3.47. The largest absolute Gasteiger partial charge is 0.385 e. The highest BCUT2D eigenvalue weighted by molar-refractivity contribution is 5.79. The molecule has 0 aliphatic heterocycles. The fraction of sp³-hybridized carbons (Fsp3) is 0.923. The van der Waals surface area contributed by atoms with Crippen LogP contribution in [-0.4, -0.2) is 32.8 Å². The minimum absolute atomic E-state index is 0.692. The summed E-state index contributed by atoms with van der Waals surface area (Å²) in [7, 11) is 1.70. The van der Waals surface area contributed by atoms with E-state index in [1.165, 1.54) is 38.5 Å². The summed E-state index contributed by atoms with van der Waals surface area (Å²) in [6, 6.07) is 0. The van der Waals surface area contributed by atoms with E-state index in [0.717, 1.165) is 32.0 Å². The van der Waals surface area contributed by atoms with Gasteiger partial charge in [-0.15, -0.1) is 0 Å². The SMILES string of the molecule is COCCCN=C(NN)NCCCC1CCCC1. The third kappa shape index (κ3) is 6.81. The summed E-state index contributed by atoms with van der Waals surface area (Å²) < 4.78 is 4.97. The molecule has 5 heteroatoms. The Balaban J connectivity index is 2.03. The van der Waals surface area contributed by atoms with Gasteiger partial charge in [0.1, 0.15) is 0 Å². The van der Waals surface area contributed by atoms with Crippen LogP contribution in [0.3, 0.4) is 0 Å². The van der Waals surface area contributed by atoms with Crippen molar-refractivity contribution in [2.75, 3.05) is 26.8 Å². The Kier molecular flexibility index (Phi) is 8.59. The van der Waals surface area contributed by atoms with E-state index in [4.69, 9.17) is 10.6 Å². The molecular formula is C13H28N4O. The van der Waals surface area contributed by atoms with Crippen LogP contribution < -0.4 is 16.6 Å². The molecule has 5 nitrogen and oxygen atoms in total. The minimum Gasteiger partial charge on any atom is -0.385 e. The first-order valence-corrected chi connectivity index (χ1v) is 7.10. The first-order chi connectivity index (χ1) is 8.86. The van der Waals surface area contributed by atoms with Crippen molar-refractivity contribution >= 4 is 5.96 Å². The van der Waals surface area contributed by atoms with Gasteiger partial charge in [0.15, 0.2) is 0 Å². The van der Waals surface area contributed by atoms with Crippen LogP contribution in [0, 0.1) is 5.92 Å². The zero-order valence-electron chi connectivity index (χ0n) is 11.6. The van der Waals surface area contributed by atoms with Gasteiger partial charge >= 0.3 is 0 Å². The molecule has 0 heterocycles. The maximum Gasteiger partial charge on any atom is 0.205 e. The number of nitrogens with one attached hydrogen (secondary N) is 2. The van der Waals surface area contributed by atoms with Gasteiger partial charge in [-0.3, -0.25) is 10.4 Å². The lowest BCUT2D eigenvalue weighted by molar-refractivity contribution is 0.197. The molecule has 1 rings (SSSR count). The molecule has 0 saturated heterocycles. The fourth-order valence-electron chi connectivity index (χ4n) is 2.45. The highest BCUT2D eigenvalue weighted by Crippen LogP contribution is 2.28. The van der Waals surface area contributed by atoms with Crippen molar-refractivity contribution in [2.24, 2.45) is 16.8 Å². The number of ether oxygens (including phenoxy) is 1. The van der Waals surface area contributed by atoms with Gasteiger partial charge in [-0.05, 0) is 25.2 Å². The van der Waals surface area contributed by atoms with Crippen LogP contribution in [-0.2, 0) is 4.74 Å². The Labute approximate surface area is 111 Å². The van der Waals surface area contributed by atoms with Gasteiger partial charge < -0.3 is 10.1 Å². The minimum atomic E-state index is 0.692. The van der Waals surface area contributed by atoms with Crippen LogP contribution in [0.25, 0.3) is 0 Å². The zero-order valence-corrected chi connectivity index (χ0v) is 11.6. The van der Waals surface area contributed by atoms with E-state index in [1.807, 2.05) is 0 Å². The molecule has 1 saturated carbocycles. The van der Waals surface area contributed by atoms with Crippen molar-refractivity contribution in [3.8, 4) is 0 Å². The van der Waals surface area contributed by atoms with E-state index in [9.17, 15) is 0 Å². The highest BCUT2D eigenvalue weighted by Gasteiger charge is 2.13. The Morgan fingerprint density at radius 1 is 1.33 bits per heavy atom. The molecule has 18 heavy (non-hydrogen) atoms. The molecule has 0 spiro atoms. The van der Waals surface area contributed by atoms with Crippen molar-refractivity contribution in [1.82, 2.24) is 10.7 Å². The summed E-state index contributed by atoms with van der Waals surface area (Å²) in [5.41, 5.74) is 2.61. The van der Waals surface area contributed by atoms with Gasteiger partial charge in [0.05, 0.1) is 0 Å². The van der Waals surface area contributed by atoms with Crippen LogP contribution in [0.5, 0.6) is 0 Å². The molecule has 0 aromatic carbocycles. The average molecular weight is 256 g/mol. The third-order valence-electron chi connectivity index (χ3n) is 3.47. The predicted octanol–water partition coefficient (Wildman–Crippen LogP) is 1.40. The first-order valence-electron chi connectivity index (χ1n) is 7.10. The number of hydrazine groups is 1. The van der Waals surface area contributed by atoms with Crippen molar-refractivity contribution in [3.05, 3.63) is 0 Å². The van der Waals surface area contributed by atoms with Gasteiger partial charge in [-0.1, -0.05) is 25.7 Å². The van der Waals surface area contributed by atoms with Gasteiger partial charge in [-0.25, -0.2) is 5.84 Å². The molecule has 0 amide bonds. The molecule has 0 unspecified atom stereocenters. The summed E-state index contributed by atoms with van der Waals surface area (Å²) in [5.74, 6) is 7.07. The van der Waals surface area contributed by atoms with Gasteiger partial charge in [0, 0.05) is 26.8 Å². The molecule has 1 aliphatic carbocycles. The van der Waals surface area contributed by atoms with Crippen LogP contribution in [0.1, 0.15) is 44.9 Å². The molecule has 0 aromatic heterocycles. The maximum atomic E-state index is 5.42. The molecule has 0 aromatic rings. The van der Waals surface area contributed by atoms with Gasteiger partial charge in [-0.2, -0.15) is 0 Å². The predicted molar refractivity (Wildman–Crippen MR) is 75.3 cm³/mol.